The van der Waals surface area contributed by atoms with Gasteiger partial charge in [0.2, 0.25) is 10.0 Å². The van der Waals surface area contributed by atoms with E-state index in [4.69, 9.17) is 0 Å². The van der Waals surface area contributed by atoms with Crippen LogP contribution in [0.2, 0.25) is 0 Å². The van der Waals surface area contributed by atoms with Gasteiger partial charge < -0.3 is 9.13 Å². The van der Waals surface area contributed by atoms with Gasteiger partial charge >= 0.3 is 11.1 Å². The summed E-state index contributed by atoms with van der Waals surface area (Å²) in [5.41, 5.74) is -0.449. The van der Waals surface area contributed by atoms with Crippen LogP contribution in [0.5, 0.6) is 0 Å². The average molecular weight is 339 g/mol. The lowest BCUT2D eigenvalue weighted by molar-refractivity contribution is 0.551. The zero-order valence-electron chi connectivity index (χ0n) is 13.7. The Labute approximate surface area is 134 Å². The molecule has 0 fully saturated rings. The molecule has 8 heteroatoms. The monoisotopic (exact) mass is 339 g/mol. The zero-order chi connectivity index (χ0) is 17.4. The number of hydrogen-bond donors (Lipinski definition) is 1. The molecule has 23 heavy (non-hydrogen) atoms. The molecule has 2 rings (SSSR count). The first-order chi connectivity index (χ1) is 10.6. The molecule has 1 aromatic carbocycles. The van der Waals surface area contributed by atoms with Crippen molar-refractivity contribution in [3.05, 3.63) is 38.9 Å². The number of nitrogens with zero attached hydrogens (tertiary/aromatic N) is 2. The molecule has 0 spiro atoms. The number of rotatable bonds is 5. The summed E-state index contributed by atoms with van der Waals surface area (Å²) in [5, 5.41) is 0. The van der Waals surface area contributed by atoms with Gasteiger partial charge in [0.05, 0.1) is 15.9 Å². The molecule has 0 saturated heterocycles. The van der Waals surface area contributed by atoms with Crippen LogP contribution >= 0.6 is 0 Å². The van der Waals surface area contributed by atoms with Crippen molar-refractivity contribution in [2.24, 2.45) is 20.0 Å². The van der Waals surface area contributed by atoms with Crippen LogP contribution in [0.25, 0.3) is 11.0 Å². The summed E-state index contributed by atoms with van der Waals surface area (Å²) in [5.74, 6) is 0.393. The van der Waals surface area contributed by atoms with Crippen molar-refractivity contribution in [1.29, 1.82) is 0 Å². The summed E-state index contributed by atoms with van der Waals surface area (Å²) in [4.78, 5) is 23.7. The van der Waals surface area contributed by atoms with E-state index in [0.717, 1.165) is 6.42 Å². The van der Waals surface area contributed by atoms with E-state index < -0.39 is 21.1 Å². The Hall–Kier alpha value is -1.93. The molecule has 1 N–H and O–H groups in total. The van der Waals surface area contributed by atoms with Gasteiger partial charge in [-0.05, 0) is 30.5 Å². The van der Waals surface area contributed by atoms with Gasteiger partial charge in [0, 0.05) is 20.6 Å². The van der Waals surface area contributed by atoms with Crippen LogP contribution in [0.3, 0.4) is 0 Å². The normalized spacial score (nSPS) is 12.2. The first-order valence-electron chi connectivity index (χ1n) is 7.34. The highest BCUT2D eigenvalue weighted by Gasteiger charge is 2.16. The van der Waals surface area contributed by atoms with Gasteiger partial charge in [-0.1, -0.05) is 13.8 Å². The van der Waals surface area contributed by atoms with Crippen LogP contribution < -0.4 is 15.8 Å². The third kappa shape index (κ3) is 3.37. The lowest BCUT2D eigenvalue weighted by Crippen LogP contribution is -2.39. The molecule has 0 atom stereocenters. The predicted octanol–water partition coefficient (Wildman–Crippen LogP) is 0.562. The number of benzene rings is 1. The minimum Gasteiger partial charge on any atom is -0.305 e. The van der Waals surface area contributed by atoms with Crippen molar-refractivity contribution in [1.82, 2.24) is 13.9 Å². The molecule has 1 heterocycles. The Kier molecular flexibility index (Phi) is 4.76. The molecule has 0 saturated carbocycles. The molecule has 0 aliphatic rings. The van der Waals surface area contributed by atoms with Crippen molar-refractivity contribution in [2.75, 3.05) is 6.54 Å². The summed E-state index contributed by atoms with van der Waals surface area (Å²) in [6.45, 7) is 4.38. The average Bonchev–Trinajstić information content (AvgIpc) is 2.49. The summed E-state index contributed by atoms with van der Waals surface area (Å²) in [6, 6.07) is 4.38. The van der Waals surface area contributed by atoms with E-state index in [9.17, 15) is 18.0 Å². The number of nitrogens with one attached hydrogen (secondary N) is 1. The van der Waals surface area contributed by atoms with E-state index in [-0.39, 0.29) is 4.90 Å². The minimum atomic E-state index is -3.65. The van der Waals surface area contributed by atoms with E-state index >= 15 is 0 Å². The SMILES string of the molecule is CC(C)CCNS(=O)(=O)c1ccc2c(c1)n(C)c(=O)c(=O)n2C. The number of aryl methyl sites for hydroxylation is 2. The van der Waals surface area contributed by atoms with Crippen molar-refractivity contribution in [2.45, 2.75) is 25.2 Å². The molecule has 2 aromatic rings. The highest BCUT2D eigenvalue weighted by Crippen LogP contribution is 2.16. The van der Waals surface area contributed by atoms with Crippen LogP contribution in [0.15, 0.2) is 32.7 Å². The van der Waals surface area contributed by atoms with Gasteiger partial charge in [-0.3, -0.25) is 9.59 Å². The van der Waals surface area contributed by atoms with Gasteiger partial charge in [-0.15, -0.1) is 0 Å². The maximum atomic E-state index is 12.3. The van der Waals surface area contributed by atoms with E-state index in [0.29, 0.717) is 23.5 Å². The summed E-state index contributed by atoms with van der Waals surface area (Å²) < 4.78 is 29.6. The Morgan fingerprint density at radius 3 is 2.17 bits per heavy atom. The molecule has 0 bridgehead atoms. The quantitative estimate of drug-likeness (QED) is 0.806. The Morgan fingerprint density at radius 2 is 1.61 bits per heavy atom. The molecule has 0 radical (unpaired) electrons. The van der Waals surface area contributed by atoms with Gasteiger partial charge in [-0.2, -0.15) is 0 Å². The second-order valence-electron chi connectivity index (χ2n) is 5.96. The Balaban J connectivity index is 2.53. The largest absolute Gasteiger partial charge is 0.316 e. The molecule has 0 aliphatic heterocycles. The van der Waals surface area contributed by atoms with Gasteiger partial charge in [0.1, 0.15) is 0 Å². The first-order valence-corrected chi connectivity index (χ1v) is 8.83. The van der Waals surface area contributed by atoms with E-state index in [1.807, 2.05) is 13.8 Å². The van der Waals surface area contributed by atoms with E-state index in [2.05, 4.69) is 4.72 Å². The Bertz CT molecular complexity index is 955. The van der Waals surface area contributed by atoms with Crippen LogP contribution in [-0.2, 0) is 24.1 Å². The van der Waals surface area contributed by atoms with Crippen LogP contribution in [0.4, 0.5) is 0 Å². The molecule has 0 aliphatic carbocycles. The Morgan fingerprint density at radius 1 is 1.04 bits per heavy atom. The standard InChI is InChI=1S/C15H21N3O4S/c1-10(2)7-8-16-23(21,22)11-5-6-12-13(9-11)18(4)15(20)14(19)17(12)3/h5-6,9-10,16H,7-8H2,1-4H3. The second kappa shape index (κ2) is 6.29. The second-order valence-corrected chi connectivity index (χ2v) is 7.73. The predicted molar refractivity (Wildman–Crippen MR) is 89.1 cm³/mol. The minimum absolute atomic E-state index is 0.0717. The molecule has 1 aromatic heterocycles. The lowest BCUT2D eigenvalue weighted by atomic mass is 10.1. The van der Waals surface area contributed by atoms with Crippen LogP contribution in [0, 0.1) is 5.92 Å². The molecule has 0 unspecified atom stereocenters. The fraction of sp³-hybridized carbons (Fsp3) is 0.467. The number of hydrogen-bond acceptors (Lipinski definition) is 4. The summed E-state index contributed by atoms with van der Waals surface area (Å²) in [6.07, 6.45) is 0.736. The maximum Gasteiger partial charge on any atom is 0.316 e. The van der Waals surface area contributed by atoms with E-state index in [1.165, 1.54) is 41.4 Å². The van der Waals surface area contributed by atoms with Gasteiger partial charge in [0.25, 0.3) is 0 Å². The molecule has 126 valence electrons. The van der Waals surface area contributed by atoms with Gasteiger partial charge in [-0.25, -0.2) is 13.1 Å². The first kappa shape index (κ1) is 17.4. The molecule has 7 nitrogen and oxygen atoms in total. The summed E-state index contributed by atoms with van der Waals surface area (Å²) >= 11 is 0. The van der Waals surface area contributed by atoms with Crippen LogP contribution in [0.1, 0.15) is 20.3 Å². The zero-order valence-corrected chi connectivity index (χ0v) is 14.5. The molecule has 0 amide bonds. The van der Waals surface area contributed by atoms with Crippen molar-refractivity contribution < 1.29 is 8.42 Å². The number of aromatic nitrogens is 2. The summed E-state index contributed by atoms with van der Waals surface area (Å²) in [7, 11) is -0.712. The third-order valence-corrected chi connectivity index (χ3v) is 5.24. The lowest BCUT2D eigenvalue weighted by Gasteiger charge is -2.12. The fourth-order valence-corrected chi connectivity index (χ4v) is 3.36. The fourth-order valence-electron chi connectivity index (χ4n) is 2.29. The molecular formula is C15H21N3O4S. The van der Waals surface area contributed by atoms with Crippen molar-refractivity contribution in [3.8, 4) is 0 Å². The third-order valence-electron chi connectivity index (χ3n) is 3.79. The molecular weight excluding hydrogens is 318 g/mol. The highest BCUT2D eigenvalue weighted by molar-refractivity contribution is 7.89. The number of fused-ring (bicyclic) bond motifs is 1. The topological polar surface area (TPSA) is 90.2 Å². The van der Waals surface area contributed by atoms with E-state index in [1.54, 1.807) is 0 Å². The van der Waals surface area contributed by atoms with Gasteiger partial charge in [0.15, 0.2) is 0 Å². The maximum absolute atomic E-state index is 12.3. The van der Waals surface area contributed by atoms with Crippen molar-refractivity contribution >= 4 is 21.1 Å². The smallest absolute Gasteiger partial charge is 0.305 e. The van der Waals surface area contributed by atoms with Crippen molar-refractivity contribution in [3.63, 3.8) is 0 Å². The highest BCUT2D eigenvalue weighted by atomic mass is 32.2. The number of sulfonamides is 1. The van der Waals surface area contributed by atoms with Crippen LogP contribution in [-0.4, -0.2) is 24.1 Å².